The minimum atomic E-state index is -0.823. The first-order chi connectivity index (χ1) is 14.7. The molecule has 2 heterocycles. The number of benzene rings is 2. The number of aromatic amines is 1. The van der Waals surface area contributed by atoms with Gasteiger partial charge in [-0.05, 0) is 23.8 Å². The van der Waals surface area contributed by atoms with E-state index in [2.05, 4.69) is 39.1 Å². The van der Waals surface area contributed by atoms with Gasteiger partial charge in [0.2, 0.25) is 0 Å². The minimum Gasteiger partial charge on any atom is -0.497 e. The van der Waals surface area contributed by atoms with E-state index in [1.807, 2.05) is 42.6 Å². The Bertz CT molecular complexity index is 1020. The molecule has 156 valence electrons. The fraction of sp³-hybridized carbons (Fsp3) is 0.292. The van der Waals surface area contributed by atoms with Crippen molar-refractivity contribution in [1.29, 1.82) is 0 Å². The van der Waals surface area contributed by atoms with Gasteiger partial charge in [-0.15, -0.1) is 0 Å². The second-order valence-electron chi connectivity index (χ2n) is 7.55. The molecule has 1 aliphatic rings. The van der Waals surface area contributed by atoms with Gasteiger partial charge in [0.15, 0.2) is 0 Å². The van der Waals surface area contributed by atoms with Crippen molar-refractivity contribution < 1.29 is 14.6 Å². The Balaban J connectivity index is 1.43. The molecule has 6 heteroatoms. The Labute approximate surface area is 176 Å². The molecule has 1 aliphatic heterocycles. The van der Waals surface area contributed by atoms with E-state index in [1.165, 1.54) is 5.56 Å². The molecule has 0 aliphatic carbocycles. The number of carbonyl (C=O) groups is 1. The fourth-order valence-electron chi connectivity index (χ4n) is 4.07. The molecular formula is C24H27N3O3. The summed E-state index contributed by atoms with van der Waals surface area (Å²) in [6.45, 7) is 3.98. The van der Waals surface area contributed by atoms with Crippen LogP contribution in [0.4, 0.5) is 0 Å². The second-order valence-corrected chi connectivity index (χ2v) is 7.55. The van der Waals surface area contributed by atoms with Crippen LogP contribution in [0.25, 0.3) is 17.0 Å². The normalized spacial score (nSPS) is 16.8. The highest BCUT2D eigenvalue weighted by Gasteiger charge is 2.32. The lowest BCUT2D eigenvalue weighted by molar-refractivity contribution is -0.144. The van der Waals surface area contributed by atoms with Crippen LogP contribution in [0.3, 0.4) is 0 Å². The van der Waals surface area contributed by atoms with Gasteiger partial charge in [0.25, 0.3) is 0 Å². The van der Waals surface area contributed by atoms with Gasteiger partial charge in [0.05, 0.1) is 7.11 Å². The third-order valence-electron chi connectivity index (χ3n) is 5.69. The molecule has 4 rings (SSSR count). The number of fused-ring (bicyclic) bond motifs is 1. The number of hydrogen-bond donors (Lipinski definition) is 2. The lowest BCUT2D eigenvalue weighted by atomic mass is 10.0. The molecule has 1 fully saturated rings. The monoisotopic (exact) mass is 405 g/mol. The Morgan fingerprint density at radius 1 is 1.17 bits per heavy atom. The summed E-state index contributed by atoms with van der Waals surface area (Å²) in [6, 6.07) is 15.3. The molecule has 1 aromatic heterocycles. The topological polar surface area (TPSA) is 68.8 Å². The largest absolute Gasteiger partial charge is 0.497 e. The molecule has 6 nitrogen and oxygen atoms in total. The number of carboxylic acids is 1. The number of piperazine rings is 1. The molecule has 0 bridgehead atoms. The van der Waals surface area contributed by atoms with Crippen molar-refractivity contribution in [2.24, 2.45) is 0 Å². The number of nitrogens with one attached hydrogen (secondary N) is 1. The van der Waals surface area contributed by atoms with E-state index >= 15 is 0 Å². The van der Waals surface area contributed by atoms with E-state index in [0.29, 0.717) is 13.1 Å². The number of ether oxygens (including phenoxy) is 1. The average molecular weight is 405 g/mol. The first-order valence-electron chi connectivity index (χ1n) is 10.2. The third kappa shape index (κ3) is 4.40. The van der Waals surface area contributed by atoms with Crippen molar-refractivity contribution in [3.63, 3.8) is 0 Å². The van der Waals surface area contributed by atoms with Gasteiger partial charge in [-0.25, -0.2) is 0 Å². The molecule has 2 aromatic carbocycles. The average Bonchev–Trinajstić information content (AvgIpc) is 3.18. The van der Waals surface area contributed by atoms with E-state index in [9.17, 15) is 9.90 Å². The smallest absolute Gasteiger partial charge is 0.325 e. The summed E-state index contributed by atoms with van der Waals surface area (Å²) in [5.74, 6) is -0.0985. The second kappa shape index (κ2) is 9.15. The Morgan fingerprint density at radius 3 is 2.63 bits per heavy atom. The summed E-state index contributed by atoms with van der Waals surface area (Å²) in [7, 11) is 1.62. The zero-order valence-corrected chi connectivity index (χ0v) is 17.1. The summed E-state index contributed by atoms with van der Waals surface area (Å²) >= 11 is 0. The van der Waals surface area contributed by atoms with Crippen molar-refractivity contribution in [3.05, 3.63) is 71.9 Å². The molecule has 0 radical (unpaired) electrons. The molecule has 30 heavy (non-hydrogen) atoms. The van der Waals surface area contributed by atoms with Gasteiger partial charge in [0, 0.05) is 55.4 Å². The lowest BCUT2D eigenvalue weighted by Crippen LogP contribution is -2.49. The number of methoxy groups -OCH3 is 1. The van der Waals surface area contributed by atoms with Gasteiger partial charge in [-0.3, -0.25) is 14.6 Å². The van der Waals surface area contributed by atoms with Crippen molar-refractivity contribution in [2.45, 2.75) is 6.04 Å². The predicted octanol–water partition coefficient (Wildman–Crippen LogP) is 3.63. The highest BCUT2D eigenvalue weighted by Crippen LogP contribution is 2.31. The number of nitrogens with zero attached hydrogens (tertiary/aromatic N) is 2. The van der Waals surface area contributed by atoms with E-state index in [4.69, 9.17) is 4.74 Å². The maximum atomic E-state index is 12.2. The van der Waals surface area contributed by atoms with Crippen molar-refractivity contribution in [3.8, 4) is 5.75 Å². The van der Waals surface area contributed by atoms with Crippen LogP contribution in [-0.2, 0) is 4.79 Å². The summed E-state index contributed by atoms with van der Waals surface area (Å²) in [6.07, 6.45) is 6.12. The molecule has 0 spiro atoms. The number of carboxylic acid groups (broad SMARTS) is 1. The number of H-pyrrole nitrogens is 1. The van der Waals surface area contributed by atoms with Crippen LogP contribution in [-0.4, -0.2) is 65.7 Å². The number of rotatable bonds is 7. The van der Waals surface area contributed by atoms with Crippen LogP contribution in [0.1, 0.15) is 17.2 Å². The van der Waals surface area contributed by atoms with E-state index in [-0.39, 0.29) is 0 Å². The van der Waals surface area contributed by atoms with Gasteiger partial charge in [-0.2, -0.15) is 0 Å². The molecule has 0 saturated carbocycles. The first-order valence-corrected chi connectivity index (χ1v) is 10.2. The van der Waals surface area contributed by atoms with Crippen molar-refractivity contribution in [1.82, 2.24) is 14.8 Å². The number of aliphatic carboxylic acids is 1. The minimum absolute atomic E-state index is 0.673. The molecule has 2 N–H and O–H groups in total. The van der Waals surface area contributed by atoms with Crippen LogP contribution in [0.2, 0.25) is 0 Å². The summed E-state index contributed by atoms with van der Waals surface area (Å²) in [4.78, 5) is 19.8. The number of aromatic nitrogens is 1. The third-order valence-corrected chi connectivity index (χ3v) is 5.69. The zero-order valence-electron chi connectivity index (χ0n) is 17.1. The maximum absolute atomic E-state index is 12.2. The molecule has 0 amide bonds. The summed E-state index contributed by atoms with van der Waals surface area (Å²) < 4.78 is 5.33. The molecule has 1 atom stereocenters. The van der Waals surface area contributed by atoms with Crippen LogP contribution in [0.15, 0.2) is 60.8 Å². The molecule has 3 aromatic rings. The standard InChI is InChI=1S/C24H27N3O3/c1-30-19-9-10-22-20(16-19)21(17-25-22)23(24(28)29)27-14-12-26(13-15-27)11-5-8-18-6-3-2-4-7-18/h2-10,16-17,23,25H,11-15H2,1H3,(H,28,29)/b8-5+. The fourth-order valence-corrected chi connectivity index (χ4v) is 4.07. The first kappa shape index (κ1) is 20.2. The van der Waals surface area contributed by atoms with E-state index in [1.54, 1.807) is 7.11 Å². The zero-order chi connectivity index (χ0) is 20.9. The van der Waals surface area contributed by atoms with Crippen molar-refractivity contribution >= 4 is 22.9 Å². The van der Waals surface area contributed by atoms with Gasteiger partial charge >= 0.3 is 5.97 Å². The SMILES string of the molecule is COc1ccc2[nH]cc(C(C(=O)O)N3CCN(C/C=C/c4ccccc4)CC3)c2c1. The van der Waals surface area contributed by atoms with E-state index < -0.39 is 12.0 Å². The Morgan fingerprint density at radius 2 is 1.93 bits per heavy atom. The van der Waals surface area contributed by atoms with Crippen molar-refractivity contribution in [2.75, 3.05) is 39.8 Å². The van der Waals surface area contributed by atoms with Crippen LogP contribution >= 0.6 is 0 Å². The van der Waals surface area contributed by atoms with Crippen LogP contribution in [0.5, 0.6) is 5.75 Å². The molecular weight excluding hydrogens is 378 g/mol. The number of hydrogen-bond acceptors (Lipinski definition) is 4. The maximum Gasteiger partial charge on any atom is 0.325 e. The summed E-state index contributed by atoms with van der Waals surface area (Å²) in [5.41, 5.74) is 2.90. The lowest BCUT2D eigenvalue weighted by Gasteiger charge is -2.37. The Kier molecular flexibility index (Phi) is 6.16. The van der Waals surface area contributed by atoms with Gasteiger partial charge < -0.3 is 14.8 Å². The molecule has 1 unspecified atom stereocenters. The Hall–Kier alpha value is -3.09. The summed E-state index contributed by atoms with van der Waals surface area (Å²) in [5, 5.41) is 10.9. The van der Waals surface area contributed by atoms with E-state index in [0.717, 1.165) is 41.9 Å². The highest BCUT2D eigenvalue weighted by molar-refractivity contribution is 5.90. The molecule has 1 saturated heterocycles. The predicted molar refractivity (Wildman–Crippen MR) is 119 cm³/mol. The quantitative estimate of drug-likeness (QED) is 0.628. The van der Waals surface area contributed by atoms with Gasteiger partial charge in [0.1, 0.15) is 11.8 Å². The van der Waals surface area contributed by atoms with Gasteiger partial charge in [-0.1, -0.05) is 42.5 Å². The van der Waals surface area contributed by atoms with Crippen LogP contribution in [0, 0.1) is 0 Å². The highest BCUT2D eigenvalue weighted by atomic mass is 16.5. The van der Waals surface area contributed by atoms with Crippen LogP contribution < -0.4 is 4.74 Å².